The van der Waals surface area contributed by atoms with Gasteiger partial charge >= 0.3 is 12.2 Å². The molecule has 0 saturated carbocycles. The molecule has 1 aromatic heterocycles. The van der Waals surface area contributed by atoms with Crippen LogP contribution in [0.4, 0.5) is 9.59 Å². The summed E-state index contributed by atoms with van der Waals surface area (Å²) in [7, 11) is 0. The molecule has 4 N–H and O–H groups in total. The van der Waals surface area contributed by atoms with Crippen LogP contribution in [0, 0.1) is 5.41 Å². The summed E-state index contributed by atoms with van der Waals surface area (Å²) in [6, 6.07) is 22.3. The molecule has 0 aliphatic rings. The van der Waals surface area contributed by atoms with Gasteiger partial charge in [-0.25, -0.2) is 14.6 Å². The zero-order valence-electron chi connectivity index (χ0n) is 22.5. The normalized spacial score (nSPS) is 12.8. The number of carbonyl (C=O) groups excluding carboxylic acids is 2. The predicted molar refractivity (Wildman–Crippen MR) is 149 cm³/mol. The summed E-state index contributed by atoms with van der Waals surface area (Å²) >= 11 is 0. The van der Waals surface area contributed by atoms with E-state index in [9.17, 15) is 14.7 Å². The maximum absolute atomic E-state index is 12.7. The molecular formula is C30H32N4O6. The molecule has 10 heteroatoms. The molecule has 10 nitrogen and oxygen atoms in total. The number of carbonyl (C=O) groups is 2. The van der Waals surface area contributed by atoms with Crippen molar-refractivity contribution in [1.82, 2.24) is 15.6 Å². The fraction of sp³-hybridized carbons (Fsp3) is 0.267. The number of alkyl carbamates (subject to hydrolysis) is 2. The van der Waals surface area contributed by atoms with Crippen molar-refractivity contribution in [1.29, 1.82) is 5.41 Å². The van der Waals surface area contributed by atoms with Crippen molar-refractivity contribution < 1.29 is 28.6 Å². The third kappa shape index (κ3) is 7.90. The average Bonchev–Trinajstić information content (AvgIpc) is 3.35. The molecule has 3 aromatic carbocycles. The zero-order valence-corrected chi connectivity index (χ0v) is 22.5. The standard InChI is InChI=1S/C30H32N4O6/c1-30(2,3)40-29(37)34-26(31)21-15-13-19(14-16-21)17-23(33-28(36)38-18-20-9-5-4-6-10-20)25(35)27-32-22-11-7-8-12-24(22)39-27/h4-16,23,25,35H,17-18H2,1-3H3,(H,33,36)(H2,31,34,37)/t23-,25?/m0/s1. The molecule has 208 valence electrons. The molecule has 0 saturated heterocycles. The van der Waals surface area contributed by atoms with Crippen LogP contribution in [0.15, 0.2) is 83.3 Å². The Kier molecular flexibility index (Phi) is 8.80. The topological polar surface area (TPSA) is 147 Å². The molecule has 0 fully saturated rings. The van der Waals surface area contributed by atoms with Gasteiger partial charge in [-0.05, 0) is 50.5 Å². The Labute approximate surface area is 231 Å². The number of amidine groups is 1. The molecular weight excluding hydrogens is 512 g/mol. The summed E-state index contributed by atoms with van der Waals surface area (Å²) in [6.07, 6.45) is -2.50. The molecule has 0 spiro atoms. The van der Waals surface area contributed by atoms with Gasteiger partial charge in [0.2, 0.25) is 5.89 Å². The molecule has 4 rings (SSSR count). The van der Waals surface area contributed by atoms with Crippen molar-refractivity contribution in [2.45, 2.75) is 51.5 Å². The highest BCUT2D eigenvalue weighted by molar-refractivity contribution is 6.04. The van der Waals surface area contributed by atoms with Crippen molar-refractivity contribution in [3.63, 3.8) is 0 Å². The first-order chi connectivity index (χ1) is 19.1. The highest BCUT2D eigenvalue weighted by Crippen LogP contribution is 2.24. The number of para-hydroxylation sites is 2. The molecule has 1 unspecified atom stereocenters. The molecule has 0 aliphatic carbocycles. The van der Waals surface area contributed by atoms with E-state index in [0.29, 0.717) is 16.7 Å². The highest BCUT2D eigenvalue weighted by atomic mass is 16.6. The van der Waals surface area contributed by atoms with E-state index in [1.54, 1.807) is 63.2 Å². The second-order valence-corrected chi connectivity index (χ2v) is 10.2. The number of hydrogen-bond acceptors (Lipinski definition) is 8. The lowest BCUT2D eigenvalue weighted by atomic mass is 10.00. The Hall–Kier alpha value is -4.70. The van der Waals surface area contributed by atoms with Crippen LogP contribution in [0.25, 0.3) is 11.1 Å². The molecule has 2 amide bonds. The molecule has 0 bridgehead atoms. The van der Waals surface area contributed by atoms with E-state index in [0.717, 1.165) is 11.1 Å². The van der Waals surface area contributed by atoms with Gasteiger partial charge in [-0.1, -0.05) is 66.7 Å². The number of aliphatic hydroxyl groups is 1. The Morgan fingerprint density at radius 2 is 1.62 bits per heavy atom. The number of benzene rings is 3. The largest absolute Gasteiger partial charge is 0.445 e. The summed E-state index contributed by atoms with van der Waals surface area (Å²) in [5, 5.41) is 24.5. The van der Waals surface area contributed by atoms with Gasteiger partial charge in [0.05, 0.1) is 6.04 Å². The molecule has 4 aromatic rings. The lowest BCUT2D eigenvalue weighted by Gasteiger charge is -2.22. The Bertz CT molecular complexity index is 1430. The van der Waals surface area contributed by atoms with Crippen LogP contribution in [0.1, 0.15) is 49.5 Å². The number of rotatable bonds is 8. The van der Waals surface area contributed by atoms with Crippen LogP contribution in [0.2, 0.25) is 0 Å². The third-order valence-electron chi connectivity index (χ3n) is 5.78. The minimum Gasteiger partial charge on any atom is -0.445 e. The van der Waals surface area contributed by atoms with Crippen LogP contribution in [-0.4, -0.2) is 39.8 Å². The van der Waals surface area contributed by atoms with Crippen molar-refractivity contribution in [3.8, 4) is 0 Å². The summed E-state index contributed by atoms with van der Waals surface area (Å²) in [5.74, 6) is -0.0546. The Balaban J connectivity index is 1.47. The second kappa shape index (κ2) is 12.4. The average molecular weight is 545 g/mol. The van der Waals surface area contributed by atoms with Crippen molar-refractivity contribution in [3.05, 3.63) is 101 Å². The summed E-state index contributed by atoms with van der Waals surface area (Å²) < 4.78 is 16.3. The van der Waals surface area contributed by atoms with E-state index in [-0.39, 0.29) is 24.8 Å². The maximum atomic E-state index is 12.7. The predicted octanol–water partition coefficient (Wildman–Crippen LogP) is 5.25. The van der Waals surface area contributed by atoms with E-state index in [4.69, 9.17) is 19.3 Å². The van der Waals surface area contributed by atoms with Gasteiger partial charge in [-0.15, -0.1) is 0 Å². The minimum absolute atomic E-state index is 0.0644. The lowest BCUT2D eigenvalue weighted by Crippen LogP contribution is -2.41. The summed E-state index contributed by atoms with van der Waals surface area (Å²) in [4.78, 5) is 29.1. The van der Waals surface area contributed by atoms with Crippen LogP contribution in [0.3, 0.4) is 0 Å². The number of fused-ring (bicyclic) bond motifs is 1. The van der Waals surface area contributed by atoms with Gasteiger partial charge < -0.3 is 24.3 Å². The zero-order chi connectivity index (χ0) is 28.7. The number of amides is 2. The lowest BCUT2D eigenvalue weighted by molar-refractivity contribution is 0.0563. The number of hydrogen-bond donors (Lipinski definition) is 4. The summed E-state index contributed by atoms with van der Waals surface area (Å²) in [5.41, 5.74) is 2.45. The van der Waals surface area contributed by atoms with E-state index in [1.807, 2.05) is 36.4 Å². The minimum atomic E-state index is -1.27. The Morgan fingerprint density at radius 1 is 0.950 bits per heavy atom. The van der Waals surface area contributed by atoms with Crippen LogP contribution >= 0.6 is 0 Å². The van der Waals surface area contributed by atoms with Gasteiger partial charge in [0.25, 0.3) is 0 Å². The van der Waals surface area contributed by atoms with Crippen molar-refractivity contribution in [2.75, 3.05) is 0 Å². The Morgan fingerprint density at radius 3 is 2.30 bits per heavy atom. The fourth-order valence-electron chi connectivity index (χ4n) is 3.89. The first kappa shape index (κ1) is 28.3. The number of oxazole rings is 1. The smallest absolute Gasteiger partial charge is 0.413 e. The SMILES string of the molecule is CC(C)(C)OC(=O)NC(=N)c1ccc(C[C@H](NC(=O)OCc2ccccc2)C(O)c2nc3ccccc3o2)cc1. The molecule has 0 radical (unpaired) electrons. The van der Waals surface area contributed by atoms with Gasteiger partial charge in [0.1, 0.15) is 23.6 Å². The monoisotopic (exact) mass is 544 g/mol. The molecule has 1 heterocycles. The first-order valence-electron chi connectivity index (χ1n) is 12.8. The van der Waals surface area contributed by atoms with Crippen LogP contribution in [0.5, 0.6) is 0 Å². The molecule has 0 aliphatic heterocycles. The fourth-order valence-corrected chi connectivity index (χ4v) is 3.89. The number of nitrogens with one attached hydrogen (secondary N) is 3. The van der Waals surface area contributed by atoms with Gasteiger partial charge in [0.15, 0.2) is 11.7 Å². The molecule has 2 atom stereocenters. The van der Waals surface area contributed by atoms with Crippen LogP contribution in [-0.2, 0) is 22.5 Å². The third-order valence-corrected chi connectivity index (χ3v) is 5.78. The second-order valence-electron chi connectivity index (χ2n) is 10.2. The van der Waals surface area contributed by atoms with Gasteiger partial charge in [0, 0.05) is 5.56 Å². The van der Waals surface area contributed by atoms with Crippen molar-refractivity contribution in [2.24, 2.45) is 0 Å². The number of aliphatic hydroxyl groups excluding tert-OH is 1. The van der Waals surface area contributed by atoms with E-state index >= 15 is 0 Å². The van der Waals surface area contributed by atoms with E-state index in [2.05, 4.69) is 15.6 Å². The first-order valence-corrected chi connectivity index (χ1v) is 12.8. The van der Waals surface area contributed by atoms with E-state index < -0.39 is 29.9 Å². The molecule has 40 heavy (non-hydrogen) atoms. The summed E-state index contributed by atoms with van der Waals surface area (Å²) in [6.45, 7) is 5.28. The highest BCUT2D eigenvalue weighted by Gasteiger charge is 2.28. The van der Waals surface area contributed by atoms with Crippen LogP contribution < -0.4 is 10.6 Å². The van der Waals surface area contributed by atoms with Gasteiger partial charge in [-0.3, -0.25) is 10.7 Å². The number of nitrogens with zero attached hydrogens (tertiary/aromatic N) is 1. The number of ether oxygens (including phenoxy) is 2. The quantitative estimate of drug-likeness (QED) is 0.175. The maximum Gasteiger partial charge on any atom is 0.413 e. The van der Waals surface area contributed by atoms with Crippen molar-refractivity contribution >= 4 is 29.1 Å². The van der Waals surface area contributed by atoms with Gasteiger partial charge in [-0.2, -0.15) is 0 Å². The number of aromatic nitrogens is 1. The van der Waals surface area contributed by atoms with E-state index in [1.165, 1.54) is 0 Å².